The van der Waals surface area contributed by atoms with Gasteiger partial charge in [-0.2, -0.15) is 0 Å². The van der Waals surface area contributed by atoms with Gasteiger partial charge in [0.05, 0.1) is 18.8 Å². The molecule has 3 nitrogen and oxygen atoms in total. The van der Waals surface area contributed by atoms with Gasteiger partial charge in [0.2, 0.25) is 0 Å². The highest BCUT2D eigenvalue weighted by Crippen LogP contribution is 2.25. The predicted octanol–water partition coefficient (Wildman–Crippen LogP) is 3.64. The largest absolute Gasteiger partial charge is 0.495 e. The highest BCUT2D eigenvalue weighted by Gasteiger charge is 2.17. The molecule has 106 valence electrons. The molecule has 0 aliphatic rings. The van der Waals surface area contributed by atoms with Gasteiger partial charge in [-0.1, -0.05) is 30.7 Å². The first-order chi connectivity index (χ1) is 9.74. The Morgan fingerprint density at radius 1 is 1.25 bits per heavy atom. The Bertz CT molecular complexity index is 542. The summed E-state index contributed by atoms with van der Waals surface area (Å²) in [6.07, 6.45) is 2.64. The van der Waals surface area contributed by atoms with Gasteiger partial charge < -0.3 is 10.1 Å². The molecule has 0 amide bonds. The minimum absolute atomic E-state index is 0.123. The topological polar surface area (TPSA) is 34.2 Å². The van der Waals surface area contributed by atoms with Crippen molar-refractivity contribution < 1.29 is 4.74 Å². The second kappa shape index (κ2) is 7.27. The van der Waals surface area contributed by atoms with E-state index >= 15 is 0 Å². The van der Waals surface area contributed by atoms with Crippen LogP contribution < -0.4 is 10.1 Å². The Labute approximate surface area is 124 Å². The molecule has 20 heavy (non-hydrogen) atoms. The number of halogens is 1. The van der Waals surface area contributed by atoms with Gasteiger partial charge in [-0.15, -0.1) is 0 Å². The van der Waals surface area contributed by atoms with Crippen LogP contribution in [0.1, 0.15) is 24.2 Å². The lowest BCUT2D eigenvalue weighted by molar-refractivity contribution is 0.394. The molecule has 1 unspecified atom stereocenters. The van der Waals surface area contributed by atoms with Crippen molar-refractivity contribution in [3.63, 3.8) is 0 Å². The zero-order chi connectivity index (χ0) is 14.4. The molecule has 0 saturated heterocycles. The summed E-state index contributed by atoms with van der Waals surface area (Å²) in [6, 6.07) is 11.9. The minimum atomic E-state index is 0.123. The first-order valence-electron chi connectivity index (χ1n) is 6.71. The smallest absolute Gasteiger partial charge is 0.141 e. The number of benzene rings is 1. The molecular weight excluding hydrogens is 272 g/mol. The summed E-state index contributed by atoms with van der Waals surface area (Å²) in [5.41, 5.74) is 2.15. The van der Waals surface area contributed by atoms with Gasteiger partial charge >= 0.3 is 0 Å². The van der Waals surface area contributed by atoms with Crippen LogP contribution in [0.3, 0.4) is 0 Å². The molecule has 1 N–H and O–H groups in total. The maximum absolute atomic E-state index is 5.93. The maximum Gasteiger partial charge on any atom is 0.141 e. The predicted molar refractivity (Wildman–Crippen MR) is 82.4 cm³/mol. The fraction of sp³-hybridized carbons (Fsp3) is 0.312. The SMILES string of the molecule is CCNC(Cc1ccc(Cl)cc1)c1ncccc1OC. The maximum atomic E-state index is 5.93. The van der Waals surface area contributed by atoms with E-state index in [4.69, 9.17) is 16.3 Å². The number of nitrogens with zero attached hydrogens (tertiary/aromatic N) is 1. The van der Waals surface area contributed by atoms with Crippen molar-refractivity contribution in [3.05, 3.63) is 58.9 Å². The Morgan fingerprint density at radius 3 is 2.65 bits per heavy atom. The summed E-state index contributed by atoms with van der Waals surface area (Å²) in [6.45, 7) is 2.96. The van der Waals surface area contributed by atoms with Crippen molar-refractivity contribution in [2.75, 3.05) is 13.7 Å². The van der Waals surface area contributed by atoms with Crippen LogP contribution in [0.4, 0.5) is 0 Å². The number of aromatic nitrogens is 1. The summed E-state index contributed by atoms with van der Waals surface area (Å²) in [4.78, 5) is 4.47. The summed E-state index contributed by atoms with van der Waals surface area (Å²) in [7, 11) is 1.67. The van der Waals surface area contributed by atoms with Crippen molar-refractivity contribution in [1.29, 1.82) is 0 Å². The average molecular weight is 291 g/mol. The van der Waals surface area contributed by atoms with Crippen LogP contribution in [-0.4, -0.2) is 18.6 Å². The van der Waals surface area contributed by atoms with Crippen LogP contribution in [0, 0.1) is 0 Å². The number of rotatable bonds is 6. The third kappa shape index (κ3) is 3.71. The van der Waals surface area contributed by atoms with Gasteiger partial charge in [-0.25, -0.2) is 0 Å². The highest BCUT2D eigenvalue weighted by molar-refractivity contribution is 6.30. The molecule has 1 aromatic carbocycles. The second-order valence-corrected chi connectivity index (χ2v) is 4.97. The monoisotopic (exact) mass is 290 g/mol. The van der Waals surface area contributed by atoms with E-state index in [0.717, 1.165) is 29.4 Å². The van der Waals surface area contributed by atoms with E-state index in [1.54, 1.807) is 13.3 Å². The van der Waals surface area contributed by atoms with Gasteiger partial charge in [0, 0.05) is 11.2 Å². The minimum Gasteiger partial charge on any atom is -0.495 e. The molecule has 0 spiro atoms. The summed E-state index contributed by atoms with van der Waals surface area (Å²) >= 11 is 5.93. The van der Waals surface area contributed by atoms with E-state index < -0.39 is 0 Å². The van der Waals surface area contributed by atoms with Crippen LogP contribution in [0.25, 0.3) is 0 Å². The fourth-order valence-corrected chi connectivity index (χ4v) is 2.33. The summed E-state index contributed by atoms with van der Waals surface area (Å²) in [5.74, 6) is 0.812. The first-order valence-corrected chi connectivity index (χ1v) is 7.09. The van der Waals surface area contributed by atoms with Crippen molar-refractivity contribution in [1.82, 2.24) is 10.3 Å². The summed E-state index contributed by atoms with van der Waals surface area (Å²) < 4.78 is 5.41. The standard InChI is InChI=1S/C16H19ClN2O/c1-3-18-14(11-12-6-8-13(17)9-7-12)16-15(20-2)5-4-10-19-16/h4-10,14,18H,3,11H2,1-2H3. The molecular formula is C16H19ClN2O. The second-order valence-electron chi connectivity index (χ2n) is 4.53. The molecule has 4 heteroatoms. The molecule has 1 atom stereocenters. The fourth-order valence-electron chi connectivity index (χ4n) is 2.21. The highest BCUT2D eigenvalue weighted by atomic mass is 35.5. The third-order valence-electron chi connectivity index (χ3n) is 3.15. The van der Waals surface area contributed by atoms with Gasteiger partial charge in [0.15, 0.2) is 0 Å². The normalized spacial score (nSPS) is 12.2. The Balaban J connectivity index is 2.24. The lowest BCUT2D eigenvalue weighted by Gasteiger charge is -2.19. The molecule has 0 radical (unpaired) electrons. The number of likely N-dealkylation sites (N-methyl/N-ethyl adjacent to an activating group) is 1. The zero-order valence-electron chi connectivity index (χ0n) is 11.8. The number of hydrogen-bond acceptors (Lipinski definition) is 3. The van der Waals surface area contributed by atoms with Crippen LogP contribution in [0.5, 0.6) is 5.75 Å². The molecule has 1 aromatic heterocycles. The first kappa shape index (κ1) is 14.8. The Kier molecular flexibility index (Phi) is 5.39. The molecule has 2 rings (SSSR count). The van der Waals surface area contributed by atoms with Crippen molar-refractivity contribution in [2.24, 2.45) is 0 Å². The van der Waals surface area contributed by atoms with Crippen LogP contribution in [0.15, 0.2) is 42.6 Å². The average Bonchev–Trinajstić information content (AvgIpc) is 2.49. The van der Waals surface area contributed by atoms with Crippen LogP contribution in [0.2, 0.25) is 5.02 Å². The number of hydrogen-bond donors (Lipinski definition) is 1. The van der Waals surface area contributed by atoms with E-state index in [0.29, 0.717) is 0 Å². The molecule has 0 fully saturated rings. The molecule has 0 bridgehead atoms. The van der Waals surface area contributed by atoms with E-state index in [1.807, 2.05) is 36.4 Å². The Hall–Kier alpha value is -1.58. The van der Waals surface area contributed by atoms with Crippen LogP contribution >= 0.6 is 11.6 Å². The van der Waals surface area contributed by atoms with Gasteiger partial charge in [-0.05, 0) is 42.8 Å². The lowest BCUT2D eigenvalue weighted by Crippen LogP contribution is -2.24. The number of pyridine rings is 1. The number of nitrogens with one attached hydrogen (secondary N) is 1. The van der Waals surface area contributed by atoms with Gasteiger partial charge in [0.25, 0.3) is 0 Å². The van der Waals surface area contributed by atoms with Gasteiger partial charge in [-0.3, -0.25) is 4.98 Å². The summed E-state index contributed by atoms with van der Waals surface area (Å²) in [5, 5.41) is 4.22. The molecule has 1 heterocycles. The molecule has 0 aliphatic heterocycles. The number of methoxy groups -OCH3 is 1. The lowest BCUT2D eigenvalue weighted by atomic mass is 10.0. The van der Waals surface area contributed by atoms with Crippen molar-refractivity contribution >= 4 is 11.6 Å². The van der Waals surface area contributed by atoms with E-state index in [1.165, 1.54) is 5.56 Å². The molecule has 0 saturated carbocycles. The van der Waals surface area contributed by atoms with E-state index in [-0.39, 0.29) is 6.04 Å². The van der Waals surface area contributed by atoms with Gasteiger partial charge in [0.1, 0.15) is 5.75 Å². The quantitative estimate of drug-likeness (QED) is 0.882. The molecule has 2 aromatic rings. The number of ether oxygens (including phenoxy) is 1. The van der Waals surface area contributed by atoms with E-state index in [9.17, 15) is 0 Å². The van der Waals surface area contributed by atoms with E-state index in [2.05, 4.69) is 17.2 Å². The van der Waals surface area contributed by atoms with Crippen molar-refractivity contribution in [2.45, 2.75) is 19.4 Å². The third-order valence-corrected chi connectivity index (χ3v) is 3.41. The van der Waals surface area contributed by atoms with Crippen LogP contribution in [-0.2, 0) is 6.42 Å². The van der Waals surface area contributed by atoms with Crippen molar-refractivity contribution in [3.8, 4) is 5.75 Å². The zero-order valence-corrected chi connectivity index (χ0v) is 12.5. The Morgan fingerprint density at radius 2 is 2.00 bits per heavy atom. The molecule has 0 aliphatic carbocycles.